The van der Waals surface area contributed by atoms with Gasteiger partial charge in [-0.3, -0.25) is 0 Å². The van der Waals surface area contributed by atoms with Crippen LogP contribution >= 0.6 is 0 Å². The lowest BCUT2D eigenvalue weighted by Gasteiger charge is -1.97. The van der Waals surface area contributed by atoms with Crippen molar-refractivity contribution in [2.45, 2.75) is 38.5 Å². The van der Waals surface area contributed by atoms with Crippen LogP contribution in [-0.4, -0.2) is 18.6 Å². The van der Waals surface area contributed by atoms with Crippen LogP contribution in [0.1, 0.15) is 43.0 Å². The van der Waals surface area contributed by atoms with Gasteiger partial charge in [-0.05, 0) is 26.3 Å². The minimum absolute atomic E-state index is 0.628. The zero-order chi connectivity index (χ0) is 9.97. The summed E-state index contributed by atoms with van der Waals surface area (Å²) in [6, 6.07) is 0. The highest BCUT2D eigenvalue weighted by atomic mass is 16.4. The lowest BCUT2D eigenvalue weighted by molar-refractivity contribution is 0.452. The molecule has 0 saturated heterocycles. The summed E-state index contributed by atoms with van der Waals surface area (Å²) >= 11 is 0. The van der Waals surface area contributed by atoms with Crippen molar-refractivity contribution in [1.29, 1.82) is 0 Å². The number of hydrogen-bond acceptors (Lipinski definition) is 3. The van der Waals surface area contributed by atoms with E-state index in [1.165, 1.54) is 12.8 Å². The van der Waals surface area contributed by atoms with Crippen molar-refractivity contribution in [3.8, 4) is 0 Å². The summed E-state index contributed by atoms with van der Waals surface area (Å²) in [5.74, 6) is 2.69. The van der Waals surface area contributed by atoms with Crippen LogP contribution in [-0.2, 0) is 12.8 Å². The van der Waals surface area contributed by atoms with E-state index in [0.29, 0.717) is 5.92 Å². The Morgan fingerprint density at radius 1 is 1.50 bits per heavy atom. The maximum atomic E-state index is 5.78. The molecule has 0 bridgehead atoms. The van der Waals surface area contributed by atoms with Gasteiger partial charge in [0.15, 0.2) is 5.89 Å². The average molecular weight is 194 g/mol. The van der Waals surface area contributed by atoms with Gasteiger partial charge in [0.25, 0.3) is 0 Å². The molecule has 0 aliphatic heterocycles. The molecule has 1 saturated carbocycles. The maximum absolute atomic E-state index is 5.78. The summed E-state index contributed by atoms with van der Waals surface area (Å²) in [6.45, 7) is 3.10. The van der Waals surface area contributed by atoms with Crippen molar-refractivity contribution >= 4 is 0 Å². The lowest BCUT2D eigenvalue weighted by atomic mass is 10.2. The van der Waals surface area contributed by atoms with E-state index in [0.717, 1.165) is 36.7 Å². The van der Waals surface area contributed by atoms with Crippen LogP contribution in [0.25, 0.3) is 0 Å². The largest absolute Gasteiger partial charge is 0.445 e. The van der Waals surface area contributed by atoms with Crippen LogP contribution in [0, 0.1) is 0 Å². The average Bonchev–Trinajstić information content (AvgIpc) is 2.97. The minimum Gasteiger partial charge on any atom is -0.445 e. The number of nitrogens with zero attached hydrogens (tertiary/aromatic N) is 1. The third kappa shape index (κ3) is 1.98. The molecule has 0 spiro atoms. The van der Waals surface area contributed by atoms with Crippen molar-refractivity contribution in [2.75, 3.05) is 13.6 Å². The smallest absolute Gasteiger partial charge is 0.197 e. The highest BCUT2D eigenvalue weighted by Crippen LogP contribution is 2.40. The fourth-order valence-electron chi connectivity index (χ4n) is 1.62. The molecule has 1 aromatic heterocycles. The molecule has 1 aliphatic carbocycles. The molecule has 0 amide bonds. The Labute approximate surface area is 84.9 Å². The van der Waals surface area contributed by atoms with Crippen LogP contribution in [0.15, 0.2) is 4.42 Å². The second-order valence-electron chi connectivity index (χ2n) is 3.90. The van der Waals surface area contributed by atoms with E-state index in [9.17, 15) is 0 Å². The first kappa shape index (κ1) is 9.71. The van der Waals surface area contributed by atoms with E-state index in [4.69, 9.17) is 4.42 Å². The van der Waals surface area contributed by atoms with Crippen LogP contribution in [0.4, 0.5) is 0 Å². The predicted molar refractivity (Wildman–Crippen MR) is 55.5 cm³/mol. The molecule has 1 heterocycles. The highest BCUT2D eigenvalue weighted by molar-refractivity contribution is 5.14. The quantitative estimate of drug-likeness (QED) is 0.777. The summed E-state index contributed by atoms with van der Waals surface area (Å²) in [6.07, 6.45) is 4.46. The fourth-order valence-corrected chi connectivity index (χ4v) is 1.62. The standard InChI is InChI=1S/C11H18N2O/c1-3-9-10(6-7-12-2)14-11(13-9)8-4-5-8/h8,12H,3-7H2,1-2H3. The highest BCUT2D eigenvalue weighted by Gasteiger charge is 2.29. The van der Waals surface area contributed by atoms with Crippen molar-refractivity contribution < 1.29 is 4.42 Å². The monoisotopic (exact) mass is 194 g/mol. The van der Waals surface area contributed by atoms with Gasteiger partial charge in [0.1, 0.15) is 5.76 Å². The third-order valence-corrected chi connectivity index (χ3v) is 2.66. The van der Waals surface area contributed by atoms with Crippen LogP contribution in [0.2, 0.25) is 0 Å². The molecule has 78 valence electrons. The maximum Gasteiger partial charge on any atom is 0.197 e. The van der Waals surface area contributed by atoms with Gasteiger partial charge in [0.05, 0.1) is 5.69 Å². The summed E-state index contributed by atoms with van der Waals surface area (Å²) in [4.78, 5) is 4.55. The van der Waals surface area contributed by atoms with Crippen molar-refractivity contribution in [2.24, 2.45) is 0 Å². The molecule has 3 nitrogen and oxygen atoms in total. The van der Waals surface area contributed by atoms with Gasteiger partial charge in [0, 0.05) is 18.9 Å². The number of likely N-dealkylation sites (N-methyl/N-ethyl adjacent to an activating group) is 1. The molecule has 1 aliphatic rings. The Morgan fingerprint density at radius 2 is 2.29 bits per heavy atom. The van der Waals surface area contributed by atoms with Crippen molar-refractivity contribution in [1.82, 2.24) is 10.3 Å². The van der Waals surface area contributed by atoms with Gasteiger partial charge >= 0.3 is 0 Å². The first-order chi connectivity index (χ1) is 6.85. The molecule has 0 aromatic carbocycles. The second-order valence-corrected chi connectivity index (χ2v) is 3.90. The first-order valence-corrected chi connectivity index (χ1v) is 5.48. The molecular formula is C11H18N2O. The molecule has 2 rings (SSSR count). The van der Waals surface area contributed by atoms with E-state index in [2.05, 4.69) is 17.2 Å². The SMILES string of the molecule is CCc1nc(C2CC2)oc1CCNC. The lowest BCUT2D eigenvalue weighted by Crippen LogP contribution is -2.10. The van der Waals surface area contributed by atoms with E-state index in [1.807, 2.05) is 7.05 Å². The molecule has 14 heavy (non-hydrogen) atoms. The van der Waals surface area contributed by atoms with Crippen LogP contribution in [0.3, 0.4) is 0 Å². The zero-order valence-electron chi connectivity index (χ0n) is 8.97. The first-order valence-electron chi connectivity index (χ1n) is 5.48. The second kappa shape index (κ2) is 4.13. The Bertz CT molecular complexity index is 302. The Hall–Kier alpha value is -0.830. The van der Waals surface area contributed by atoms with E-state index < -0.39 is 0 Å². The van der Waals surface area contributed by atoms with Gasteiger partial charge in [-0.2, -0.15) is 0 Å². The Kier molecular flexibility index (Phi) is 2.87. The normalized spacial score (nSPS) is 16.1. The van der Waals surface area contributed by atoms with Gasteiger partial charge in [-0.1, -0.05) is 6.92 Å². The molecular weight excluding hydrogens is 176 g/mol. The number of aromatic nitrogens is 1. The van der Waals surface area contributed by atoms with Gasteiger partial charge in [-0.15, -0.1) is 0 Å². The Morgan fingerprint density at radius 3 is 2.86 bits per heavy atom. The summed E-state index contributed by atoms with van der Waals surface area (Å²) < 4.78 is 5.78. The molecule has 0 radical (unpaired) electrons. The van der Waals surface area contributed by atoms with Gasteiger partial charge in [0.2, 0.25) is 0 Å². The molecule has 0 unspecified atom stereocenters. The number of nitrogens with one attached hydrogen (secondary N) is 1. The summed E-state index contributed by atoms with van der Waals surface area (Å²) in [5.41, 5.74) is 1.15. The number of oxazole rings is 1. The Balaban J connectivity index is 2.10. The van der Waals surface area contributed by atoms with Gasteiger partial charge in [-0.25, -0.2) is 4.98 Å². The zero-order valence-corrected chi connectivity index (χ0v) is 8.97. The molecule has 1 fully saturated rings. The van der Waals surface area contributed by atoms with Crippen LogP contribution in [0.5, 0.6) is 0 Å². The van der Waals surface area contributed by atoms with E-state index >= 15 is 0 Å². The minimum atomic E-state index is 0.628. The number of rotatable bonds is 5. The molecule has 1 aromatic rings. The van der Waals surface area contributed by atoms with Crippen molar-refractivity contribution in [3.63, 3.8) is 0 Å². The predicted octanol–water partition coefficient (Wildman–Crippen LogP) is 1.88. The van der Waals surface area contributed by atoms with E-state index in [-0.39, 0.29) is 0 Å². The molecule has 0 atom stereocenters. The molecule has 1 N–H and O–H groups in total. The third-order valence-electron chi connectivity index (χ3n) is 2.66. The van der Waals surface area contributed by atoms with Crippen molar-refractivity contribution in [3.05, 3.63) is 17.3 Å². The van der Waals surface area contributed by atoms with E-state index in [1.54, 1.807) is 0 Å². The number of aryl methyl sites for hydroxylation is 1. The topological polar surface area (TPSA) is 38.1 Å². The summed E-state index contributed by atoms with van der Waals surface area (Å²) in [7, 11) is 1.96. The number of hydrogen-bond donors (Lipinski definition) is 1. The van der Waals surface area contributed by atoms with Gasteiger partial charge < -0.3 is 9.73 Å². The summed E-state index contributed by atoms with van der Waals surface area (Å²) in [5, 5.41) is 3.13. The fraction of sp³-hybridized carbons (Fsp3) is 0.727. The molecule has 3 heteroatoms. The van der Waals surface area contributed by atoms with Crippen LogP contribution < -0.4 is 5.32 Å².